The second kappa shape index (κ2) is 8.66. The summed E-state index contributed by atoms with van der Waals surface area (Å²) < 4.78 is 27.2. The monoisotopic (exact) mass is 427 g/mol. The number of rotatable bonds is 8. The fourth-order valence-electron chi connectivity index (χ4n) is 3.36. The number of hydrogen-bond donors (Lipinski definition) is 1. The molecule has 0 fully saturated rings. The molecular weight excluding hydrogens is 405 g/mol. The van der Waals surface area contributed by atoms with Gasteiger partial charge in [0.15, 0.2) is 0 Å². The molecule has 9 heteroatoms. The maximum absolute atomic E-state index is 14.5. The SMILES string of the molecule is CCOc1csc(-c2cc(NCCn3c(C)cc4c(OC)ccc(F)c43)ncn2)n1. The van der Waals surface area contributed by atoms with Gasteiger partial charge in [-0.05, 0) is 32.0 Å². The second-order valence-electron chi connectivity index (χ2n) is 6.59. The molecule has 0 bridgehead atoms. The number of benzene rings is 1. The molecule has 0 unspecified atom stereocenters. The van der Waals surface area contributed by atoms with E-state index in [-0.39, 0.29) is 5.82 Å². The van der Waals surface area contributed by atoms with Gasteiger partial charge in [0.1, 0.15) is 34.4 Å². The van der Waals surface area contributed by atoms with Crippen LogP contribution in [0.3, 0.4) is 0 Å². The molecule has 3 aromatic heterocycles. The molecule has 0 amide bonds. The Labute approximate surface area is 177 Å². The molecule has 0 aliphatic heterocycles. The Hall–Kier alpha value is -3.20. The number of aryl methyl sites for hydroxylation is 1. The fourth-order valence-corrected chi connectivity index (χ4v) is 4.07. The number of nitrogens with zero attached hydrogens (tertiary/aromatic N) is 4. The highest BCUT2D eigenvalue weighted by atomic mass is 32.1. The standard InChI is InChI=1S/C21H22FN5O2S/c1-4-29-19-11-30-21(26-19)16-10-18(25-12-24-16)23-7-8-27-13(2)9-14-17(28-3)6-5-15(22)20(14)27/h5-6,9-12H,4,7-8H2,1-3H3,(H,23,24,25). The quantitative estimate of drug-likeness (QED) is 0.446. The number of thiazole rings is 1. The van der Waals surface area contributed by atoms with Crippen molar-refractivity contribution in [2.75, 3.05) is 25.6 Å². The predicted octanol–water partition coefficient (Wildman–Crippen LogP) is 4.52. The number of halogens is 1. The third kappa shape index (κ3) is 3.93. The van der Waals surface area contributed by atoms with E-state index in [2.05, 4.69) is 20.3 Å². The lowest BCUT2D eigenvalue weighted by atomic mass is 10.2. The lowest BCUT2D eigenvalue weighted by molar-refractivity contribution is 0.329. The average Bonchev–Trinajstić information content (AvgIpc) is 3.34. The number of ether oxygens (including phenoxy) is 2. The van der Waals surface area contributed by atoms with Gasteiger partial charge in [-0.25, -0.2) is 19.3 Å². The van der Waals surface area contributed by atoms with E-state index in [1.807, 2.05) is 35.9 Å². The van der Waals surface area contributed by atoms with Gasteiger partial charge in [-0.15, -0.1) is 11.3 Å². The van der Waals surface area contributed by atoms with E-state index in [0.29, 0.717) is 42.7 Å². The van der Waals surface area contributed by atoms with E-state index in [1.54, 1.807) is 13.2 Å². The highest BCUT2D eigenvalue weighted by Gasteiger charge is 2.14. The van der Waals surface area contributed by atoms with E-state index in [9.17, 15) is 4.39 Å². The number of methoxy groups -OCH3 is 1. The van der Waals surface area contributed by atoms with Crippen molar-refractivity contribution in [3.8, 4) is 22.3 Å². The summed E-state index contributed by atoms with van der Waals surface area (Å²) in [6.07, 6.45) is 1.50. The molecule has 3 heterocycles. The molecule has 4 rings (SSSR count). The van der Waals surface area contributed by atoms with Crippen LogP contribution < -0.4 is 14.8 Å². The Morgan fingerprint density at radius 2 is 2.10 bits per heavy atom. The number of nitrogens with one attached hydrogen (secondary N) is 1. The van der Waals surface area contributed by atoms with Crippen molar-refractivity contribution < 1.29 is 13.9 Å². The molecule has 0 aliphatic rings. The van der Waals surface area contributed by atoms with Crippen molar-refractivity contribution in [1.29, 1.82) is 0 Å². The number of fused-ring (bicyclic) bond motifs is 1. The van der Waals surface area contributed by atoms with E-state index >= 15 is 0 Å². The van der Waals surface area contributed by atoms with Gasteiger partial charge >= 0.3 is 0 Å². The van der Waals surface area contributed by atoms with Gasteiger partial charge in [0.05, 0.1) is 24.6 Å². The normalized spacial score (nSPS) is 11.1. The van der Waals surface area contributed by atoms with Gasteiger partial charge in [0, 0.05) is 30.2 Å². The van der Waals surface area contributed by atoms with Crippen molar-refractivity contribution in [2.24, 2.45) is 0 Å². The Morgan fingerprint density at radius 1 is 1.23 bits per heavy atom. The maximum atomic E-state index is 14.5. The van der Waals surface area contributed by atoms with Crippen LogP contribution in [0.1, 0.15) is 12.6 Å². The summed E-state index contributed by atoms with van der Waals surface area (Å²) in [5.41, 5.74) is 2.23. The van der Waals surface area contributed by atoms with Crippen molar-refractivity contribution in [3.63, 3.8) is 0 Å². The van der Waals surface area contributed by atoms with Crippen LogP contribution in [0, 0.1) is 12.7 Å². The summed E-state index contributed by atoms with van der Waals surface area (Å²) in [4.78, 5) is 13.0. The molecule has 0 radical (unpaired) electrons. The van der Waals surface area contributed by atoms with E-state index in [4.69, 9.17) is 9.47 Å². The molecular formula is C21H22FN5O2S. The summed E-state index contributed by atoms with van der Waals surface area (Å²) >= 11 is 1.47. The zero-order valence-corrected chi connectivity index (χ0v) is 17.8. The first-order valence-electron chi connectivity index (χ1n) is 9.57. The number of anilines is 1. The lowest BCUT2D eigenvalue weighted by Gasteiger charge is -2.11. The summed E-state index contributed by atoms with van der Waals surface area (Å²) in [5, 5.41) is 6.68. The van der Waals surface area contributed by atoms with Crippen LogP contribution in [0.2, 0.25) is 0 Å². The first-order valence-corrected chi connectivity index (χ1v) is 10.5. The summed E-state index contributed by atoms with van der Waals surface area (Å²) in [6.45, 7) is 5.59. The van der Waals surface area contributed by atoms with Crippen LogP contribution >= 0.6 is 11.3 Å². The summed E-state index contributed by atoms with van der Waals surface area (Å²) in [5.74, 6) is 1.67. The van der Waals surface area contributed by atoms with Crippen LogP contribution in [0.4, 0.5) is 10.2 Å². The molecule has 7 nitrogen and oxygen atoms in total. The number of aromatic nitrogens is 4. The largest absolute Gasteiger partial charge is 0.496 e. The molecule has 156 valence electrons. The third-order valence-corrected chi connectivity index (χ3v) is 5.54. The van der Waals surface area contributed by atoms with Crippen molar-refractivity contribution in [2.45, 2.75) is 20.4 Å². The van der Waals surface area contributed by atoms with Crippen molar-refractivity contribution in [1.82, 2.24) is 19.5 Å². The lowest BCUT2D eigenvalue weighted by Crippen LogP contribution is -2.13. The molecule has 0 spiro atoms. The van der Waals surface area contributed by atoms with E-state index < -0.39 is 0 Å². The second-order valence-corrected chi connectivity index (χ2v) is 7.45. The Bertz CT molecular complexity index is 1170. The van der Waals surface area contributed by atoms with Gasteiger partial charge in [-0.3, -0.25) is 0 Å². The molecule has 1 aromatic carbocycles. The van der Waals surface area contributed by atoms with Crippen LogP contribution in [-0.4, -0.2) is 39.8 Å². The molecule has 0 atom stereocenters. The van der Waals surface area contributed by atoms with Crippen molar-refractivity contribution >= 4 is 28.1 Å². The smallest absolute Gasteiger partial charge is 0.224 e. The van der Waals surface area contributed by atoms with E-state index in [1.165, 1.54) is 23.7 Å². The van der Waals surface area contributed by atoms with Gasteiger partial charge < -0.3 is 19.4 Å². The van der Waals surface area contributed by atoms with Gasteiger partial charge in [-0.1, -0.05) is 0 Å². The summed E-state index contributed by atoms with van der Waals surface area (Å²) in [6, 6.07) is 6.88. The van der Waals surface area contributed by atoms with Gasteiger partial charge in [0.2, 0.25) is 5.88 Å². The minimum atomic E-state index is -0.267. The molecule has 1 N–H and O–H groups in total. The van der Waals surface area contributed by atoms with Crippen LogP contribution in [-0.2, 0) is 6.54 Å². The molecule has 30 heavy (non-hydrogen) atoms. The van der Waals surface area contributed by atoms with Crippen LogP contribution in [0.5, 0.6) is 11.6 Å². The van der Waals surface area contributed by atoms with Crippen LogP contribution in [0.25, 0.3) is 21.6 Å². The number of hydrogen-bond acceptors (Lipinski definition) is 7. The van der Waals surface area contributed by atoms with E-state index in [0.717, 1.165) is 21.8 Å². The fraction of sp³-hybridized carbons (Fsp3) is 0.286. The van der Waals surface area contributed by atoms with Gasteiger partial charge in [0.25, 0.3) is 0 Å². The predicted molar refractivity (Wildman–Crippen MR) is 116 cm³/mol. The average molecular weight is 428 g/mol. The molecule has 0 aliphatic carbocycles. The molecule has 0 saturated carbocycles. The Kier molecular flexibility index (Phi) is 5.80. The first kappa shape index (κ1) is 20.1. The highest BCUT2D eigenvalue weighted by molar-refractivity contribution is 7.13. The van der Waals surface area contributed by atoms with Crippen molar-refractivity contribution in [3.05, 3.63) is 47.5 Å². The minimum absolute atomic E-state index is 0.267. The minimum Gasteiger partial charge on any atom is -0.496 e. The van der Waals surface area contributed by atoms with Gasteiger partial charge in [-0.2, -0.15) is 0 Å². The zero-order valence-electron chi connectivity index (χ0n) is 17.0. The zero-order chi connectivity index (χ0) is 21.1. The third-order valence-electron chi connectivity index (χ3n) is 4.70. The maximum Gasteiger partial charge on any atom is 0.224 e. The topological polar surface area (TPSA) is 74.1 Å². The van der Waals surface area contributed by atoms with Crippen LogP contribution in [0.15, 0.2) is 36.0 Å². The highest BCUT2D eigenvalue weighted by Crippen LogP contribution is 2.31. The summed E-state index contributed by atoms with van der Waals surface area (Å²) in [7, 11) is 1.59. The Morgan fingerprint density at radius 3 is 2.90 bits per heavy atom. The molecule has 0 saturated heterocycles. The first-order chi connectivity index (χ1) is 14.6. The molecule has 4 aromatic rings. The Balaban J connectivity index is 1.49.